The lowest BCUT2D eigenvalue weighted by Crippen LogP contribution is -2.27. The zero-order valence-electron chi connectivity index (χ0n) is 20.1. The number of aromatic nitrogens is 1. The molecule has 1 saturated heterocycles. The summed E-state index contributed by atoms with van der Waals surface area (Å²) in [5.41, 5.74) is 6.40. The Morgan fingerprint density at radius 3 is 1.87 bits per heavy atom. The third-order valence-electron chi connectivity index (χ3n) is 6.33. The second kappa shape index (κ2) is 10.3. The number of carbonyl (C=O) groups excluding carboxylic acids is 2. The standard InChI is InChI=1S/C32H21BrN2O2S/c33-25-16-18-27(19-17-25)34-28(22-10-4-1-5-11-22)20-24(30(34)23-12-6-2-7-13-23)21-29-31(36)35(32(37)38-29)26-14-8-3-9-15-26/h1-21H. The quantitative estimate of drug-likeness (QED) is 0.196. The molecule has 1 aliphatic heterocycles. The summed E-state index contributed by atoms with van der Waals surface area (Å²) in [4.78, 5) is 28.0. The monoisotopic (exact) mass is 576 g/mol. The van der Waals surface area contributed by atoms with Gasteiger partial charge in [0, 0.05) is 15.7 Å². The van der Waals surface area contributed by atoms with Crippen LogP contribution in [0.1, 0.15) is 5.56 Å². The number of hydrogen-bond donors (Lipinski definition) is 0. The predicted octanol–water partition coefficient (Wildman–Crippen LogP) is 8.81. The van der Waals surface area contributed by atoms with Crippen LogP contribution in [0.5, 0.6) is 0 Å². The second-order valence-corrected chi connectivity index (χ2v) is 10.6. The molecule has 38 heavy (non-hydrogen) atoms. The van der Waals surface area contributed by atoms with Gasteiger partial charge in [0.1, 0.15) is 0 Å². The number of hydrogen-bond acceptors (Lipinski definition) is 3. The molecule has 0 saturated carbocycles. The van der Waals surface area contributed by atoms with E-state index >= 15 is 0 Å². The van der Waals surface area contributed by atoms with E-state index < -0.39 is 0 Å². The normalized spacial score (nSPS) is 14.4. The van der Waals surface area contributed by atoms with Crippen molar-refractivity contribution in [3.8, 4) is 28.2 Å². The minimum absolute atomic E-state index is 0.302. The molecular weight excluding hydrogens is 556 g/mol. The van der Waals surface area contributed by atoms with Crippen molar-refractivity contribution < 1.29 is 9.59 Å². The fourth-order valence-electron chi connectivity index (χ4n) is 4.62. The molecule has 1 fully saturated rings. The molecule has 0 spiro atoms. The van der Waals surface area contributed by atoms with E-state index in [2.05, 4.69) is 63.0 Å². The Balaban J connectivity index is 1.58. The fourth-order valence-corrected chi connectivity index (χ4v) is 5.72. The van der Waals surface area contributed by atoms with Gasteiger partial charge >= 0.3 is 0 Å². The second-order valence-electron chi connectivity index (χ2n) is 8.73. The van der Waals surface area contributed by atoms with Crippen LogP contribution in [0.2, 0.25) is 0 Å². The SMILES string of the molecule is O=C1SC(=Cc2cc(-c3ccccc3)n(-c3ccc(Br)cc3)c2-c2ccccc2)C(=O)N1c1ccccc1. The van der Waals surface area contributed by atoms with Crippen LogP contribution in [-0.2, 0) is 4.79 Å². The van der Waals surface area contributed by atoms with Crippen LogP contribution < -0.4 is 4.90 Å². The summed E-state index contributed by atoms with van der Waals surface area (Å²) < 4.78 is 3.20. The number of anilines is 1. The van der Waals surface area contributed by atoms with Crippen LogP contribution in [0.25, 0.3) is 34.3 Å². The van der Waals surface area contributed by atoms with Crippen LogP contribution in [0.3, 0.4) is 0 Å². The average Bonchev–Trinajstić information content (AvgIpc) is 3.47. The lowest BCUT2D eigenvalue weighted by Gasteiger charge is -2.15. The van der Waals surface area contributed by atoms with Gasteiger partial charge in [0.2, 0.25) is 0 Å². The molecule has 0 radical (unpaired) electrons. The summed E-state index contributed by atoms with van der Waals surface area (Å²) >= 11 is 4.52. The molecule has 4 aromatic carbocycles. The van der Waals surface area contributed by atoms with Gasteiger partial charge in [-0.05, 0) is 71.4 Å². The fraction of sp³-hybridized carbons (Fsp3) is 0. The molecule has 1 aromatic heterocycles. The van der Waals surface area contributed by atoms with Gasteiger partial charge < -0.3 is 4.57 Å². The van der Waals surface area contributed by atoms with E-state index in [1.807, 2.05) is 72.8 Å². The van der Waals surface area contributed by atoms with Crippen molar-refractivity contribution in [2.24, 2.45) is 0 Å². The summed E-state index contributed by atoms with van der Waals surface area (Å²) in [5.74, 6) is -0.317. The molecular formula is C32H21BrN2O2S. The number of benzene rings is 4. The van der Waals surface area contributed by atoms with Crippen molar-refractivity contribution in [1.82, 2.24) is 4.57 Å². The minimum atomic E-state index is -0.317. The average molecular weight is 578 g/mol. The van der Waals surface area contributed by atoms with Crippen LogP contribution in [0.4, 0.5) is 10.5 Å². The van der Waals surface area contributed by atoms with Gasteiger partial charge in [-0.3, -0.25) is 9.59 Å². The maximum Gasteiger partial charge on any atom is 0.298 e. The Morgan fingerprint density at radius 1 is 0.658 bits per heavy atom. The molecule has 0 atom stereocenters. The summed E-state index contributed by atoms with van der Waals surface area (Å²) in [6.45, 7) is 0. The van der Waals surface area contributed by atoms with Crippen LogP contribution in [-0.4, -0.2) is 15.7 Å². The van der Waals surface area contributed by atoms with E-state index in [-0.39, 0.29) is 11.1 Å². The van der Waals surface area contributed by atoms with E-state index in [4.69, 9.17) is 0 Å². The van der Waals surface area contributed by atoms with Crippen LogP contribution in [0.15, 0.2) is 131 Å². The molecule has 184 valence electrons. The van der Waals surface area contributed by atoms with Gasteiger partial charge in [-0.2, -0.15) is 0 Å². The first kappa shape index (κ1) is 24.2. The third kappa shape index (κ3) is 4.53. The number of halogens is 1. The number of amides is 2. The third-order valence-corrected chi connectivity index (χ3v) is 7.72. The number of para-hydroxylation sites is 1. The van der Waals surface area contributed by atoms with Crippen LogP contribution in [0, 0.1) is 0 Å². The Morgan fingerprint density at radius 2 is 1.24 bits per heavy atom. The van der Waals surface area contributed by atoms with Crippen molar-refractivity contribution in [3.63, 3.8) is 0 Å². The maximum absolute atomic E-state index is 13.4. The van der Waals surface area contributed by atoms with Crippen LogP contribution >= 0.6 is 27.7 Å². The minimum Gasteiger partial charge on any atom is -0.309 e. The van der Waals surface area contributed by atoms with Crippen molar-refractivity contribution >= 4 is 50.6 Å². The molecule has 1 aliphatic rings. The largest absolute Gasteiger partial charge is 0.309 e. The van der Waals surface area contributed by atoms with Crippen molar-refractivity contribution in [2.45, 2.75) is 0 Å². The molecule has 0 N–H and O–H groups in total. The molecule has 0 aliphatic carbocycles. The van der Waals surface area contributed by atoms with E-state index in [0.717, 1.165) is 50.0 Å². The molecule has 5 aromatic rings. The van der Waals surface area contributed by atoms with E-state index in [0.29, 0.717) is 10.6 Å². The zero-order valence-corrected chi connectivity index (χ0v) is 22.5. The number of imide groups is 1. The highest BCUT2D eigenvalue weighted by molar-refractivity contribution is 9.10. The van der Waals surface area contributed by atoms with Gasteiger partial charge in [0.15, 0.2) is 0 Å². The van der Waals surface area contributed by atoms with Gasteiger partial charge in [-0.25, -0.2) is 4.90 Å². The highest BCUT2D eigenvalue weighted by atomic mass is 79.9. The zero-order chi connectivity index (χ0) is 26.1. The van der Waals surface area contributed by atoms with Gasteiger partial charge in [0.25, 0.3) is 11.1 Å². The summed E-state index contributed by atoms with van der Waals surface area (Å²) in [6.07, 6.45) is 1.85. The van der Waals surface area contributed by atoms with Gasteiger partial charge in [0.05, 0.1) is 22.0 Å². The van der Waals surface area contributed by atoms with E-state index in [1.54, 1.807) is 12.1 Å². The lowest BCUT2D eigenvalue weighted by molar-refractivity contribution is -0.113. The molecule has 6 rings (SSSR count). The Kier molecular flexibility index (Phi) is 6.58. The highest BCUT2D eigenvalue weighted by Crippen LogP contribution is 2.41. The van der Waals surface area contributed by atoms with Gasteiger partial charge in [-0.1, -0.05) is 94.8 Å². The molecule has 4 nitrogen and oxygen atoms in total. The van der Waals surface area contributed by atoms with E-state index in [1.165, 1.54) is 4.90 Å². The smallest absolute Gasteiger partial charge is 0.298 e. The highest BCUT2D eigenvalue weighted by Gasteiger charge is 2.36. The predicted molar refractivity (Wildman–Crippen MR) is 159 cm³/mol. The van der Waals surface area contributed by atoms with Gasteiger partial charge in [-0.15, -0.1) is 0 Å². The molecule has 2 heterocycles. The Bertz CT molecular complexity index is 1660. The number of nitrogens with zero attached hydrogens (tertiary/aromatic N) is 2. The molecule has 2 amide bonds. The van der Waals surface area contributed by atoms with E-state index in [9.17, 15) is 9.59 Å². The molecule has 6 heteroatoms. The van der Waals surface area contributed by atoms with Crippen molar-refractivity contribution in [3.05, 3.63) is 136 Å². The summed E-state index contributed by atoms with van der Waals surface area (Å²) in [5, 5.41) is -0.302. The van der Waals surface area contributed by atoms with Crippen molar-refractivity contribution in [1.29, 1.82) is 0 Å². The Hall–Kier alpha value is -4.13. The molecule has 0 unspecified atom stereocenters. The summed E-state index contributed by atoms with van der Waals surface area (Å²) in [6, 6.07) is 39.6. The lowest BCUT2D eigenvalue weighted by atomic mass is 10.1. The van der Waals surface area contributed by atoms with Crippen molar-refractivity contribution in [2.75, 3.05) is 4.90 Å². The first-order valence-electron chi connectivity index (χ1n) is 12.1. The number of rotatable bonds is 5. The topological polar surface area (TPSA) is 42.3 Å². The Labute approximate surface area is 233 Å². The number of carbonyl (C=O) groups is 2. The number of thioether (sulfide) groups is 1. The first-order valence-corrected chi connectivity index (χ1v) is 13.7. The summed E-state index contributed by atoms with van der Waals surface area (Å²) in [7, 11) is 0. The first-order chi connectivity index (χ1) is 18.6. The maximum atomic E-state index is 13.4. The molecule has 0 bridgehead atoms.